The Balaban J connectivity index is 1.97. The summed E-state index contributed by atoms with van der Waals surface area (Å²) in [7, 11) is 0. The van der Waals surface area contributed by atoms with Gasteiger partial charge in [0, 0.05) is 6.21 Å². The van der Waals surface area contributed by atoms with Gasteiger partial charge in [0.15, 0.2) is 0 Å². The third kappa shape index (κ3) is 4.11. The molecule has 7 heteroatoms. The Morgan fingerprint density at radius 1 is 1.28 bits per heavy atom. The van der Waals surface area contributed by atoms with Crippen LogP contribution in [-0.2, 0) is 17.9 Å². The Hall–Kier alpha value is -2.54. The first-order valence-electron chi connectivity index (χ1n) is 8.66. The molecule has 0 atom stereocenters. The van der Waals surface area contributed by atoms with Crippen LogP contribution in [0.25, 0.3) is 10.9 Å². The molecule has 1 N–H and O–H groups in total. The molecule has 1 amide bonds. The average molecular weight is 341 g/mol. The zero-order valence-electron chi connectivity index (χ0n) is 14.4. The van der Waals surface area contributed by atoms with Crippen molar-refractivity contribution in [1.29, 1.82) is 0 Å². The molecule has 0 saturated carbocycles. The Morgan fingerprint density at radius 2 is 2.04 bits per heavy atom. The first kappa shape index (κ1) is 17.3. The quantitative estimate of drug-likeness (QED) is 0.660. The minimum Gasteiger partial charge on any atom is -0.296 e. The molecule has 2 heterocycles. The van der Waals surface area contributed by atoms with Gasteiger partial charge in [0.2, 0.25) is 0 Å². The van der Waals surface area contributed by atoms with Crippen LogP contribution < -0.4 is 11.0 Å². The van der Waals surface area contributed by atoms with Crippen LogP contribution in [0.3, 0.4) is 0 Å². The van der Waals surface area contributed by atoms with Gasteiger partial charge < -0.3 is 0 Å². The number of nitrogens with one attached hydrogen (secondary N) is 1. The number of hydrogen-bond acceptors (Lipinski definition) is 5. The minimum atomic E-state index is -0.336. The van der Waals surface area contributed by atoms with Gasteiger partial charge in [0.1, 0.15) is 12.4 Å². The zero-order chi connectivity index (χ0) is 17.6. The number of hydrogen-bond donors (Lipinski definition) is 1. The first-order valence-corrected chi connectivity index (χ1v) is 8.66. The molecule has 1 aromatic heterocycles. The Labute approximate surface area is 146 Å². The number of fused-ring (bicyclic) bond motifs is 1. The average Bonchev–Trinajstić information content (AvgIpc) is 2.64. The van der Waals surface area contributed by atoms with Crippen LogP contribution >= 0.6 is 0 Å². The van der Waals surface area contributed by atoms with Crippen molar-refractivity contribution in [2.24, 2.45) is 5.10 Å². The lowest BCUT2D eigenvalue weighted by atomic mass is 10.1. The highest BCUT2D eigenvalue weighted by Gasteiger charge is 2.17. The Morgan fingerprint density at radius 3 is 2.80 bits per heavy atom. The van der Waals surface area contributed by atoms with Crippen LogP contribution in [-0.4, -0.2) is 39.7 Å². The van der Waals surface area contributed by atoms with Crippen molar-refractivity contribution >= 4 is 23.0 Å². The summed E-state index contributed by atoms with van der Waals surface area (Å²) in [4.78, 5) is 31.9. The van der Waals surface area contributed by atoms with Crippen LogP contribution in [0, 0.1) is 0 Å². The fourth-order valence-electron chi connectivity index (χ4n) is 3.13. The number of rotatable bonds is 5. The van der Waals surface area contributed by atoms with Gasteiger partial charge >= 0.3 is 0 Å². The van der Waals surface area contributed by atoms with Crippen molar-refractivity contribution in [1.82, 2.24) is 19.9 Å². The van der Waals surface area contributed by atoms with E-state index in [4.69, 9.17) is 0 Å². The largest absolute Gasteiger partial charge is 0.296 e. The van der Waals surface area contributed by atoms with E-state index in [-0.39, 0.29) is 18.0 Å². The molecule has 132 valence electrons. The number of benzene rings is 1. The summed E-state index contributed by atoms with van der Waals surface area (Å²) < 4.78 is 1.47. The van der Waals surface area contributed by atoms with Crippen molar-refractivity contribution < 1.29 is 4.79 Å². The van der Waals surface area contributed by atoms with E-state index in [0.29, 0.717) is 23.3 Å². The SMILES string of the molecule is C/C=N/NC(=O)Cn1c(CN2CCCCC2)nc2ccccc2c1=O. The van der Waals surface area contributed by atoms with E-state index in [9.17, 15) is 9.59 Å². The van der Waals surface area contributed by atoms with Crippen LogP contribution in [0.15, 0.2) is 34.2 Å². The molecular formula is C18H23N5O2. The lowest BCUT2D eigenvalue weighted by Gasteiger charge is -2.27. The number of carbonyl (C=O) groups is 1. The molecule has 3 rings (SSSR count). The summed E-state index contributed by atoms with van der Waals surface area (Å²) in [5.74, 6) is 0.290. The molecular weight excluding hydrogens is 318 g/mol. The molecule has 0 aliphatic carbocycles. The van der Waals surface area contributed by atoms with Gasteiger partial charge in [0.25, 0.3) is 11.5 Å². The second-order valence-electron chi connectivity index (χ2n) is 6.20. The lowest BCUT2D eigenvalue weighted by molar-refractivity contribution is -0.121. The van der Waals surface area contributed by atoms with E-state index in [1.165, 1.54) is 17.2 Å². The number of likely N-dealkylation sites (tertiary alicyclic amines) is 1. The number of para-hydroxylation sites is 1. The maximum absolute atomic E-state index is 12.9. The van der Waals surface area contributed by atoms with Crippen molar-refractivity contribution in [2.45, 2.75) is 39.3 Å². The van der Waals surface area contributed by atoms with E-state index >= 15 is 0 Å². The molecule has 7 nitrogen and oxygen atoms in total. The summed E-state index contributed by atoms with van der Waals surface area (Å²) >= 11 is 0. The fraction of sp³-hybridized carbons (Fsp3) is 0.444. The smallest absolute Gasteiger partial charge is 0.261 e. The molecule has 0 bridgehead atoms. The molecule has 1 aromatic carbocycles. The standard InChI is InChI=1S/C18H23N5O2/c1-2-19-21-17(24)13-23-16(12-22-10-6-3-7-11-22)20-15-9-5-4-8-14(15)18(23)25/h2,4-5,8-9H,3,6-7,10-13H2,1H3,(H,21,24)/b19-2+. The summed E-state index contributed by atoms with van der Waals surface area (Å²) in [5, 5.41) is 4.26. The second-order valence-corrected chi connectivity index (χ2v) is 6.20. The number of carbonyl (C=O) groups excluding carboxylic acids is 1. The summed E-state index contributed by atoms with van der Waals surface area (Å²) in [6, 6.07) is 7.25. The van der Waals surface area contributed by atoms with Gasteiger partial charge in [-0.05, 0) is 45.0 Å². The van der Waals surface area contributed by atoms with E-state index in [1.807, 2.05) is 18.2 Å². The van der Waals surface area contributed by atoms with Crippen molar-refractivity contribution in [3.05, 3.63) is 40.4 Å². The van der Waals surface area contributed by atoms with Crippen molar-refractivity contribution in [3.8, 4) is 0 Å². The normalized spacial score (nSPS) is 15.7. The fourth-order valence-corrected chi connectivity index (χ4v) is 3.13. The predicted molar refractivity (Wildman–Crippen MR) is 97.4 cm³/mol. The second kappa shape index (κ2) is 8.02. The number of nitrogens with zero attached hydrogens (tertiary/aromatic N) is 4. The Kier molecular flexibility index (Phi) is 5.55. The van der Waals surface area contributed by atoms with E-state index in [0.717, 1.165) is 25.9 Å². The highest BCUT2D eigenvalue weighted by atomic mass is 16.2. The molecule has 0 unspecified atom stereocenters. The first-order chi connectivity index (χ1) is 12.2. The zero-order valence-corrected chi connectivity index (χ0v) is 14.4. The van der Waals surface area contributed by atoms with Crippen molar-refractivity contribution in [2.75, 3.05) is 13.1 Å². The van der Waals surface area contributed by atoms with Crippen molar-refractivity contribution in [3.63, 3.8) is 0 Å². The summed E-state index contributed by atoms with van der Waals surface area (Å²) in [6.45, 7) is 4.19. The molecule has 1 aliphatic rings. The summed E-state index contributed by atoms with van der Waals surface area (Å²) in [5.41, 5.74) is 2.90. The van der Waals surface area contributed by atoms with Crippen LogP contribution in [0.5, 0.6) is 0 Å². The van der Waals surface area contributed by atoms with E-state index in [1.54, 1.807) is 13.0 Å². The Bertz CT molecular complexity index is 837. The lowest BCUT2D eigenvalue weighted by Crippen LogP contribution is -2.36. The minimum absolute atomic E-state index is 0.0861. The summed E-state index contributed by atoms with van der Waals surface area (Å²) in [6.07, 6.45) is 5.05. The van der Waals surface area contributed by atoms with Crippen LogP contribution in [0.1, 0.15) is 32.0 Å². The van der Waals surface area contributed by atoms with Gasteiger partial charge in [-0.2, -0.15) is 5.10 Å². The predicted octanol–water partition coefficient (Wildman–Crippen LogP) is 1.50. The molecule has 0 spiro atoms. The number of hydrazone groups is 1. The van der Waals surface area contributed by atoms with Gasteiger partial charge in [0.05, 0.1) is 17.4 Å². The van der Waals surface area contributed by atoms with Crippen LogP contribution in [0.2, 0.25) is 0 Å². The molecule has 1 saturated heterocycles. The number of amides is 1. The maximum Gasteiger partial charge on any atom is 0.261 e. The van der Waals surface area contributed by atoms with E-state index < -0.39 is 0 Å². The maximum atomic E-state index is 12.9. The third-order valence-electron chi connectivity index (χ3n) is 4.37. The molecule has 1 aliphatic heterocycles. The molecule has 0 radical (unpaired) electrons. The van der Waals surface area contributed by atoms with E-state index in [2.05, 4.69) is 20.4 Å². The molecule has 2 aromatic rings. The highest BCUT2D eigenvalue weighted by molar-refractivity contribution is 5.79. The molecule has 25 heavy (non-hydrogen) atoms. The number of aromatic nitrogens is 2. The third-order valence-corrected chi connectivity index (χ3v) is 4.37. The molecule has 1 fully saturated rings. The van der Waals surface area contributed by atoms with Gasteiger partial charge in [-0.1, -0.05) is 18.6 Å². The van der Waals surface area contributed by atoms with Crippen LogP contribution in [0.4, 0.5) is 0 Å². The van der Waals surface area contributed by atoms with Gasteiger partial charge in [-0.15, -0.1) is 0 Å². The topological polar surface area (TPSA) is 79.6 Å². The van der Waals surface area contributed by atoms with Gasteiger partial charge in [-0.3, -0.25) is 19.1 Å². The monoisotopic (exact) mass is 341 g/mol. The number of piperidine rings is 1. The highest BCUT2D eigenvalue weighted by Crippen LogP contribution is 2.14. The van der Waals surface area contributed by atoms with Gasteiger partial charge in [-0.25, -0.2) is 10.4 Å².